The van der Waals surface area contributed by atoms with Crippen molar-refractivity contribution in [2.24, 2.45) is 5.92 Å². The van der Waals surface area contributed by atoms with Crippen LogP contribution in [0.2, 0.25) is 5.02 Å². The van der Waals surface area contributed by atoms with Gasteiger partial charge in [-0.25, -0.2) is 4.98 Å². The van der Waals surface area contributed by atoms with Crippen molar-refractivity contribution in [1.29, 1.82) is 0 Å². The molecule has 2 aromatic rings. The molecule has 0 bridgehead atoms. The van der Waals surface area contributed by atoms with Gasteiger partial charge in [-0.15, -0.1) is 0 Å². The number of hydrogen-bond donors (Lipinski definition) is 1. The average Bonchev–Trinajstić information content (AvgIpc) is 2.42. The fourth-order valence-corrected chi connectivity index (χ4v) is 2.86. The average molecular weight is 308 g/mol. The van der Waals surface area contributed by atoms with Crippen LogP contribution in [0, 0.1) is 5.92 Å². The Morgan fingerprint density at radius 3 is 2.85 bits per heavy atom. The van der Waals surface area contributed by atoms with Gasteiger partial charge in [0.1, 0.15) is 5.03 Å². The van der Waals surface area contributed by atoms with Crippen molar-refractivity contribution in [3.63, 3.8) is 0 Å². The highest BCUT2D eigenvalue weighted by molar-refractivity contribution is 7.99. The Balaban J connectivity index is 2.11. The van der Waals surface area contributed by atoms with Crippen LogP contribution in [0.3, 0.4) is 0 Å². The molecular weight excluding hydrogens is 290 g/mol. The summed E-state index contributed by atoms with van der Waals surface area (Å²) in [5.41, 5.74) is 1.23. The van der Waals surface area contributed by atoms with E-state index in [2.05, 4.69) is 35.2 Å². The third-order valence-corrected chi connectivity index (χ3v) is 3.91. The normalized spacial score (nSPS) is 11.0. The van der Waals surface area contributed by atoms with Crippen LogP contribution in [0.1, 0.15) is 19.4 Å². The highest BCUT2D eigenvalue weighted by atomic mass is 35.5. The van der Waals surface area contributed by atoms with Crippen LogP contribution in [0.4, 0.5) is 0 Å². The molecule has 0 unspecified atom stereocenters. The summed E-state index contributed by atoms with van der Waals surface area (Å²) in [7, 11) is 0. The molecule has 1 heterocycles. The molecule has 3 nitrogen and oxygen atoms in total. The second-order valence-electron chi connectivity index (χ2n) is 4.92. The van der Waals surface area contributed by atoms with Crippen molar-refractivity contribution in [3.8, 4) is 0 Å². The van der Waals surface area contributed by atoms with Crippen molar-refractivity contribution in [2.45, 2.75) is 30.3 Å². The molecule has 0 atom stereocenters. The maximum atomic E-state index is 6.10. The molecule has 1 N–H and O–H groups in total. The van der Waals surface area contributed by atoms with E-state index in [0.29, 0.717) is 5.92 Å². The van der Waals surface area contributed by atoms with Crippen molar-refractivity contribution < 1.29 is 0 Å². The van der Waals surface area contributed by atoms with E-state index in [0.717, 1.165) is 28.0 Å². The molecule has 106 valence electrons. The predicted molar refractivity (Wildman–Crippen MR) is 84.2 cm³/mol. The molecule has 0 saturated heterocycles. The van der Waals surface area contributed by atoms with Crippen molar-refractivity contribution in [2.75, 3.05) is 6.54 Å². The van der Waals surface area contributed by atoms with Crippen LogP contribution in [0.15, 0.2) is 46.7 Å². The van der Waals surface area contributed by atoms with Gasteiger partial charge in [-0.2, -0.15) is 0 Å². The largest absolute Gasteiger partial charge is 0.312 e. The highest BCUT2D eigenvalue weighted by Gasteiger charge is 2.07. The monoisotopic (exact) mass is 307 g/mol. The number of nitrogens with zero attached hydrogens (tertiary/aromatic N) is 2. The quantitative estimate of drug-likeness (QED) is 0.874. The van der Waals surface area contributed by atoms with Gasteiger partial charge in [-0.1, -0.05) is 43.3 Å². The minimum Gasteiger partial charge on any atom is -0.312 e. The summed E-state index contributed by atoms with van der Waals surface area (Å²) < 4.78 is 0. The van der Waals surface area contributed by atoms with Crippen LogP contribution >= 0.6 is 23.4 Å². The fourth-order valence-electron chi connectivity index (χ4n) is 1.72. The number of nitrogens with one attached hydrogen (secondary N) is 1. The summed E-state index contributed by atoms with van der Waals surface area (Å²) in [6.07, 6.45) is 5.13. The Kier molecular flexibility index (Phi) is 5.83. The number of rotatable bonds is 6. The lowest BCUT2D eigenvalue weighted by atomic mass is 10.2. The first-order chi connectivity index (χ1) is 9.65. The lowest BCUT2D eigenvalue weighted by molar-refractivity contribution is 0.550. The number of benzene rings is 1. The molecule has 0 aliphatic heterocycles. The summed E-state index contributed by atoms with van der Waals surface area (Å²) in [5, 5.41) is 5.07. The van der Waals surface area contributed by atoms with Crippen molar-refractivity contribution in [3.05, 3.63) is 47.4 Å². The van der Waals surface area contributed by atoms with Gasteiger partial charge in [0.2, 0.25) is 0 Å². The van der Waals surface area contributed by atoms with E-state index >= 15 is 0 Å². The number of hydrogen-bond acceptors (Lipinski definition) is 4. The second-order valence-corrected chi connectivity index (χ2v) is 6.42. The van der Waals surface area contributed by atoms with Crippen LogP contribution in [0.5, 0.6) is 0 Å². The Hall–Kier alpha value is -1.10. The molecule has 0 aliphatic rings. The molecule has 1 aromatic carbocycles. The first kappa shape index (κ1) is 15.3. The van der Waals surface area contributed by atoms with Crippen molar-refractivity contribution >= 4 is 23.4 Å². The molecule has 0 spiro atoms. The van der Waals surface area contributed by atoms with Gasteiger partial charge in [0.25, 0.3) is 0 Å². The minimum atomic E-state index is 0.637. The van der Waals surface area contributed by atoms with Gasteiger partial charge >= 0.3 is 0 Å². The van der Waals surface area contributed by atoms with E-state index in [1.165, 1.54) is 5.56 Å². The summed E-state index contributed by atoms with van der Waals surface area (Å²) in [5.74, 6) is 0.637. The molecule has 5 heteroatoms. The zero-order chi connectivity index (χ0) is 14.4. The van der Waals surface area contributed by atoms with Gasteiger partial charge in [0.05, 0.1) is 6.20 Å². The lowest BCUT2D eigenvalue weighted by Gasteiger charge is -2.11. The van der Waals surface area contributed by atoms with E-state index in [1.54, 1.807) is 30.4 Å². The molecule has 0 amide bonds. The molecule has 0 aliphatic carbocycles. The molecule has 2 rings (SSSR count). The Labute approximate surface area is 129 Å². The summed E-state index contributed by atoms with van der Waals surface area (Å²) in [6.45, 7) is 6.23. The minimum absolute atomic E-state index is 0.637. The first-order valence-electron chi connectivity index (χ1n) is 6.58. The number of halogens is 1. The van der Waals surface area contributed by atoms with E-state index in [4.69, 9.17) is 11.6 Å². The fraction of sp³-hybridized carbons (Fsp3) is 0.333. The van der Waals surface area contributed by atoms with E-state index in [9.17, 15) is 0 Å². The third kappa shape index (κ3) is 4.78. The maximum Gasteiger partial charge on any atom is 0.119 e. The van der Waals surface area contributed by atoms with E-state index < -0.39 is 0 Å². The molecule has 20 heavy (non-hydrogen) atoms. The summed E-state index contributed by atoms with van der Waals surface area (Å²) in [4.78, 5) is 9.50. The smallest absolute Gasteiger partial charge is 0.119 e. The zero-order valence-electron chi connectivity index (χ0n) is 11.6. The maximum absolute atomic E-state index is 6.10. The third-order valence-electron chi connectivity index (χ3n) is 2.65. The standard InChI is InChI=1S/C15H18ClN3S/c1-11(2)8-18-9-12-3-4-13(16)7-14(12)20-15-10-17-5-6-19-15/h3-7,10-11,18H,8-9H2,1-2H3. The van der Waals surface area contributed by atoms with E-state index in [-0.39, 0.29) is 0 Å². The van der Waals surface area contributed by atoms with Gasteiger partial charge < -0.3 is 5.32 Å². The van der Waals surface area contributed by atoms with E-state index in [1.807, 2.05) is 12.1 Å². The molecule has 0 saturated carbocycles. The van der Waals surface area contributed by atoms with Crippen LogP contribution < -0.4 is 5.32 Å². The first-order valence-corrected chi connectivity index (χ1v) is 7.77. The Bertz CT molecular complexity index is 546. The molecule has 0 radical (unpaired) electrons. The molecule has 1 aromatic heterocycles. The van der Waals surface area contributed by atoms with Gasteiger partial charge in [0.15, 0.2) is 0 Å². The predicted octanol–water partition coefficient (Wildman–Crippen LogP) is 4.03. The summed E-state index contributed by atoms with van der Waals surface area (Å²) in [6, 6.07) is 5.97. The van der Waals surface area contributed by atoms with Crippen LogP contribution in [0.25, 0.3) is 0 Å². The Morgan fingerprint density at radius 2 is 2.15 bits per heavy atom. The van der Waals surface area contributed by atoms with Crippen molar-refractivity contribution in [1.82, 2.24) is 15.3 Å². The number of aromatic nitrogens is 2. The SMILES string of the molecule is CC(C)CNCc1ccc(Cl)cc1Sc1cnccn1. The van der Waals surface area contributed by atoms with Gasteiger partial charge in [-0.05, 0) is 30.2 Å². The molecular formula is C15H18ClN3S. The topological polar surface area (TPSA) is 37.8 Å². The lowest BCUT2D eigenvalue weighted by Crippen LogP contribution is -2.19. The van der Waals surface area contributed by atoms with Gasteiger partial charge in [0, 0.05) is 28.9 Å². The Morgan fingerprint density at radius 1 is 1.30 bits per heavy atom. The second kappa shape index (κ2) is 7.62. The highest BCUT2D eigenvalue weighted by Crippen LogP contribution is 2.30. The van der Waals surface area contributed by atoms with Gasteiger partial charge in [-0.3, -0.25) is 4.98 Å². The van der Waals surface area contributed by atoms with Crippen LogP contribution in [-0.2, 0) is 6.54 Å². The summed E-state index contributed by atoms with van der Waals surface area (Å²) >= 11 is 7.69. The van der Waals surface area contributed by atoms with Crippen LogP contribution in [-0.4, -0.2) is 16.5 Å². The zero-order valence-corrected chi connectivity index (χ0v) is 13.2. The molecule has 0 fully saturated rings.